The molecule has 3 rings (SSSR count). The van der Waals surface area contributed by atoms with Gasteiger partial charge < -0.3 is 14.8 Å². The third kappa shape index (κ3) is 3.64. The van der Waals surface area contributed by atoms with Gasteiger partial charge >= 0.3 is 0 Å². The van der Waals surface area contributed by atoms with Crippen molar-refractivity contribution < 1.29 is 14.3 Å². The predicted octanol–water partition coefficient (Wildman–Crippen LogP) is 3.51. The second-order valence-electron chi connectivity index (χ2n) is 5.84. The SMILES string of the molecule is Cc1cc2c(cc1/C=C(\C#N)C(=O)N[C@H](C)c1ccccc1)OCO2. The van der Waals surface area contributed by atoms with Crippen LogP contribution in [0.25, 0.3) is 6.08 Å². The molecule has 5 nitrogen and oxygen atoms in total. The van der Waals surface area contributed by atoms with Gasteiger partial charge in [0.15, 0.2) is 11.5 Å². The molecule has 0 aliphatic carbocycles. The summed E-state index contributed by atoms with van der Waals surface area (Å²) in [7, 11) is 0. The third-order valence-electron chi connectivity index (χ3n) is 4.07. The fourth-order valence-corrected chi connectivity index (χ4v) is 2.62. The first-order chi connectivity index (χ1) is 12.1. The highest BCUT2D eigenvalue weighted by Gasteiger charge is 2.17. The molecule has 0 saturated carbocycles. The zero-order valence-electron chi connectivity index (χ0n) is 14.1. The van der Waals surface area contributed by atoms with Crippen molar-refractivity contribution in [2.75, 3.05) is 6.79 Å². The Bertz CT molecular complexity index is 867. The molecule has 2 aromatic rings. The lowest BCUT2D eigenvalue weighted by Crippen LogP contribution is -2.27. The van der Waals surface area contributed by atoms with Crippen molar-refractivity contribution in [3.8, 4) is 17.6 Å². The van der Waals surface area contributed by atoms with Gasteiger partial charge in [0.1, 0.15) is 11.6 Å². The average molecular weight is 334 g/mol. The number of nitriles is 1. The number of nitrogens with one attached hydrogen (secondary N) is 1. The van der Waals surface area contributed by atoms with Crippen molar-refractivity contribution in [2.24, 2.45) is 0 Å². The van der Waals surface area contributed by atoms with E-state index in [1.165, 1.54) is 0 Å². The van der Waals surface area contributed by atoms with Crippen LogP contribution in [0.1, 0.15) is 29.7 Å². The molecule has 0 unspecified atom stereocenters. The van der Waals surface area contributed by atoms with Gasteiger partial charge in [0.05, 0.1) is 6.04 Å². The predicted molar refractivity (Wildman–Crippen MR) is 93.9 cm³/mol. The standard InChI is InChI=1S/C20H18N2O3/c1-13-8-18-19(25-12-24-18)10-16(13)9-17(11-21)20(23)22-14(2)15-6-4-3-5-7-15/h3-10,14H,12H2,1-2H3,(H,22,23)/b17-9+/t14-/m1/s1. The van der Waals surface area contributed by atoms with Crippen LogP contribution in [0.15, 0.2) is 48.0 Å². The Morgan fingerprint density at radius 1 is 1.24 bits per heavy atom. The first-order valence-corrected chi connectivity index (χ1v) is 7.96. The highest BCUT2D eigenvalue weighted by atomic mass is 16.7. The van der Waals surface area contributed by atoms with Gasteiger partial charge in [0.25, 0.3) is 5.91 Å². The van der Waals surface area contributed by atoms with Gasteiger partial charge in [0, 0.05) is 0 Å². The lowest BCUT2D eigenvalue weighted by atomic mass is 10.0. The molecule has 1 aliphatic rings. The topological polar surface area (TPSA) is 71.4 Å². The molecule has 0 bridgehead atoms. The summed E-state index contributed by atoms with van der Waals surface area (Å²) >= 11 is 0. The van der Waals surface area contributed by atoms with E-state index < -0.39 is 5.91 Å². The number of rotatable bonds is 4. The summed E-state index contributed by atoms with van der Waals surface area (Å²) in [5, 5.41) is 12.2. The van der Waals surface area contributed by atoms with Crippen LogP contribution in [-0.4, -0.2) is 12.7 Å². The van der Waals surface area contributed by atoms with Gasteiger partial charge in [-0.3, -0.25) is 4.79 Å². The molecule has 1 N–H and O–H groups in total. The molecule has 0 aromatic heterocycles. The van der Waals surface area contributed by atoms with Crippen molar-refractivity contribution in [1.82, 2.24) is 5.32 Å². The molecule has 1 aliphatic heterocycles. The van der Waals surface area contributed by atoms with Crippen molar-refractivity contribution in [3.05, 3.63) is 64.7 Å². The van der Waals surface area contributed by atoms with Gasteiger partial charge in [-0.05, 0) is 48.7 Å². The van der Waals surface area contributed by atoms with E-state index in [4.69, 9.17) is 9.47 Å². The Morgan fingerprint density at radius 3 is 2.60 bits per heavy atom. The van der Waals surface area contributed by atoms with Crippen LogP contribution in [0.2, 0.25) is 0 Å². The van der Waals surface area contributed by atoms with Crippen LogP contribution >= 0.6 is 0 Å². The maximum absolute atomic E-state index is 12.4. The van der Waals surface area contributed by atoms with Crippen molar-refractivity contribution in [1.29, 1.82) is 5.26 Å². The second kappa shape index (κ2) is 7.10. The normalized spacial score (nSPS) is 13.9. The second-order valence-corrected chi connectivity index (χ2v) is 5.84. The number of aryl methyl sites for hydroxylation is 1. The molecule has 25 heavy (non-hydrogen) atoms. The highest BCUT2D eigenvalue weighted by molar-refractivity contribution is 6.02. The zero-order chi connectivity index (χ0) is 17.8. The van der Waals surface area contributed by atoms with Gasteiger partial charge in [0.2, 0.25) is 6.79 Å². The Hall–Kier alpha value is -3.26. The molecule has 5 heteroatoms. The van der Waals surface area contributed by atoms with E-state index in [0.717, 1.165) is 16.7 Å². The number of hydrogen-bond acceptors (Lipinski definition) is 4. The van der Waals surface area contributed by atoms with E-state index in [1.807, 2.05) is 56.3 Å². The van der Waals surface area contributed by atoms with Crippen LogP contribution in [0.4, 0.5) is 0 Å². The summed E-state index contributed by atoms with van der Waals surface area (Å²) in [5.41, 5.74) is 2.68. The van der Waals surface area contributed by atoms with Crippen molar-refractivity contribution in [2.45, 2.75) is 19.9 Å². The molecular formula is C20H18N2O3. The quantitative estimate of drug-likeness (QED) is 0.686. The molecule has 0 fully saturated rings. The van der Waals surface area contributed by atoms with Gasteiger partial charge in [-0.15, -0.1) is 0 Å². The first-order valence-electron chi connectivity index (χ1n) is 7.96. The van der Waals surface area contributed by atoms with E-state index >= 15 is 0 Å². The Kier molecular flexibility index (Phi) is 4.71. The molecule has 0 saturated heterocycles. The number of amides is 1. The summed E-state index contributed by atoms with van der Waals surface area (Å²) in [5.74, 6) is 0.887. The molecule has 1 atom stereocenters. The number of carbonyl (C=O) groups is 1. The number of fused-ring (bicyclic) bond motifs is 1. The summed E-state index contributed by atoms with van der Waals surface area (Å²) in [6.45, 7) is 3.96. The highest BCUT2D eigenvalue weighted by Crippen LogP contribution is 2.35. The van der Waals surface area contributed by atoms with E-state index in [-0.39, 0.29) is 18.4 Å². The number of hydrogen-bond donors (Lipinski definition) is 1. The van der Waals surface area contributed by atoms with Gasteiger partial charge in [-0.25, -0.2) is 0 Å². The largest absolute Gasteiger partial charge is 0.454 e. The molecule has 0 spiro atoms. The number of carbonyl (C=O) groups excluding carboxylic acids is 1. The summed E-state index contributed by atoms with van der Waals surface area (Å²) in [4.78, 5) is 12.4. The number of nitrogens with zero attached hydrogens (tertiary/aromatic N) is 1. The van der Waals surface area contributed by atoms with Crippen LogP contribution in [-0.2, 0) is 4.79 Å². The van der Waals surface area contributed by atoms with E-state index in [1.54, 1.807) is 12.1 Å². The number of benzene rings is 2. The van der Waals surface area contributed by atoms with Crippen molar-refractivity contribution in [3.63, 3.8) is 0 Å². The summed E-state index contributed by atoms with van der Waals surface area (Å²) < 4.78 is 10.7. The minimum Gasteiger partial charge on any atom is -0.454 e. The monoisotopic (exact) mass is 334 g/mol. The van der Waals surface area contributed by atoms with Crippen LogP contribution < -0.4 is 14.8 Å². The van der Waals surface area contributed by atoms with Crippen LogP contribution in [0.5, 0.6) is 11.5 Å². The third-order valence-corrected chi connectivity index (χ3v) is 4.07. The molecule has 1 heterocycles. The molecule has 1 amide bonds. The van der Waals surface area contributed by atoms with Gasteiger partial charge in [-0.1, -0.05) is 30.3 Å². The first kappa shape index (κ1) is 16.6. The van der Waals surface area contributed by atoms with Crippen LogP contribution in [0.3, 0.4) is 0 Å². The Morgan fingerprint density at radius 2 is 1.92 bits per heavy atom. The fourth-order valence-electron chi connectivity index (χ4n) is 2.62. The summed E-state index contributed by atoms with van der Waals surface area (Å²) in [6.07, 6.45) is 1.57. The lowest BCUT2D eigenvalue weighted by Gasteiger charge is -2.14. The minimum atomic E-state index is -0.407. The maximum atomic E-state index is 12.4. The van der Waals surface area contributed by atoms with E-state index in [2.05, 4.69) is 5.32 Å². The smallest absolute Gasteiger partial charge is 0.262 e. The Labute approximate surface area is 146 Å². The molecule has 2 aromatic carbocycles. The molecular weight excluding hydrogens is 316 g/mol. The lowest BCUT2D eigenvalue weighted by molar-refractivity contribution is -0.117. The van der Waals surface area contributed by atoms with Gasteiger partial charge in [-0.2, -0.15) is 5.26 Å². The number of ether oxygens (including phenoxy) is 2. The van der Waals surface area contributed by atoms with E-state index in [9.17, 15) is 10.1 Å². The molecule has 0 radical (unpaired) electrons. The fraction of sp³-hybridized carbons (Fsp3) is 0.200. The molecule has 126 valence electrons. The summed E-state index contributed by atoms with van der Waals surface area (Å²) in [6, 6.07) is 15.0. The van der Waals surface area contributed by atoms with Crippen molar-refractivity contribution >= 4 is 12.0 Å². The average Bonchev–Trinajstić information content (AvgIpc) is 3.07. The zero-order valence-corrected chi connectivity index (χ0v) is 14.1. The Balaban J connectivity index is 1.81. The maximum Gasteiger partial charge on any atom is 0.262 e. The van der Waals surface area contributed by atoms with E-state index in [0.29, 0.717) is 11.5 Å². The van der Waals surface area contributed by atoms with Crippen LogP contribution in [0, 0.1) is 18.3 Å². The minimum absolute atomic E-state index is 0.0461.